The van der Waals surface area contributed by atoms with Crippen LogP contribution < -0.4 is 15.2 Å². The first kappa shape index (κ1) is 12.7. The minimum Gasteiger partial charge on any atom is -0.496 e. The molecule has 1 amide bonds. The van der Waals surface area contributed by atoms with Gasteiger partial charge in [-0.3, -0.25) is 4.79 Å². The molecule has 2 N–H and O–H groups in total. The van der Waals surface area contributed by atoms with Crippen molar-refractivity contribution in [3.63, 3.8) is 0 Å². The maximum Gasteiger partial charge on any atom is 0.258 e. The van der Waals surface area contributed by atoms with Gasteiger partial charge < -0.3 is 20.1 Å². The fraction of sp³-hybridized carbons (Fsp3) is 0.462. The van der Waals surface area contributed by atoms with Crippen molar-refractivity contribution in [2.75, 3.05) is 33.9 Å². The van der Waals surface area contributed by atoms with Crippen LogP contribution in [0.4, 0.5) is 0 Å². The predicted octanol–water partition coefficient (Wildman–Crippen LogP) is 0.661. The van der Waals surface area contributed by atoms with E-state index >= 15 is 0 Å². The molecule has 2 rings (SSSR count). The van der Waals surface area contributed by atoms with Crippen molar-refractivity contribution in [3.8, 4) is 11.5 Å². The van der Waals surface area contributed by atoms with Crippen molar-refractivity contribution in [2.45, 2.75) is 6.42 Å². The second kappa shape index (κ2) is 5.27. The Bertz CT molecular complexity index is 460. The summed E-state index contributed by atoms with van der Waals surface area (Å²) >= 11 is 0. The Labute approximate surface area is 106 Å². The highest BCUT2D eigenvalue weighted by Gasteiger charge is 2.29. The first-order valence-corrected chi connectivity index (χ1v) is 5.96. The number of fused-ring (bicyclic) bond motifs is 1. The van der Waals surface area contributed by atoms with Crippen LogP contribution in [-0.2, 0) is 6.42 Å². The molecule has 0 atom stereocenters. The number of carbonyl (C=O) groups is 1. The van der Waals surface area contributed by atoms with Gasteiger partial charge in [-0.05, 0) is 18.6 Å². The van der Waals surface area contributed by atoms with E-state index in [1.54, 1.807) is 25.2 Å². The fourth-order valence-electron chi connectivity index (χ4n) is 2.33. The molecule has 0 spiro atoms. The van der Waals surface area contributed by atoms with Crippen molar-refractivity contribution in [1.29, 1.82) is 0 Å². The van der Waals surface area contributed by atoms with Gasteiger partial charge in [0, 0.05) is 25.2 Å². The molecule has 0 saturated heterocycles. The Morgan fingerprint density at radius 3 is 2.56 bits per heavy atom. The molecule has 0 radical (unpaired) electrons. The number of benzene rings is 1. The third-order valence-electron chi connectivity index (χ3n) is 3.20. The summed E-state index contributed by atoms with van der Waals surface area (Å²) in [7, 11) is 3.18. The number of hydrogen-bond donors (Lipinski definition) is 1. The summed E-state index contributed by atoms with van der Waals surface area (Å²) in [5, 5.41) is 0. The molecule has 0 unspecified atom stereocenters. The van der Waals surface area contributed by atoms with Crippen LogP contribution in [0.15, 0.2) is 12.1 Å². The van der Waals surface area contributed by atoms with Gasteiger partial charge in [0.25, 0.3) is 5.91 Å². The van der Waals surface area contributed by atoms with E-state index in [-0.39, 0.29) is 5.91 Å². The van der Waals surface area contributed by atoms with Gasteiger partial charge >= 0.3 is 0 Å². The third kappa shape index (κ3) is 2.01. The maximum absolute atomic E-state index is 12.4. The largest absolute Gasteiger partial charge is 0.496 e. The summed E-state index contributed by atoms with van der Waals surface area (Å²) < 4.78 is 10.6. The molecule has 0 saturated carbocycles. The zero-order valence-electron chi connectivity index (χ0n) is 10.7. The molecule has 0 bridgehead atoms. The number of methoxy groups -OCH3 is 2. The van der Waals surface area contributed by atoms with Crippen LogP contribution in [0.1, 0.15) is 15.9 Å². The lowest BCUT2D eigenvalue weighted by Crippen LogP contribution is -2.40. The molecule has 0 aliphatic carbocycles. The molecule has 0 fully saturated rings. The Morgan fingerprint density at radius 2 is 1.94 bits per heavy atom. The molecule has 1 aromatic rings. The van der Waals surface area contributed by atoms with E-state index in [1.165, 1.54) is 0 Å². The maximum atomic E-state index is 12.4. The number of carbonyl (C=O) groups excluding carboxylic acids is 1. The summed E-state index contributed by atoms with van der Waals surface area (Å²) in [6.07, 6.45) is 0.765. The highest BCUT2D eigenvalue weighted by molar-refractivity contribution is 6.00. The smallest absolute Gasteiger partial charge is 0.258 e. The molecule has 0 aromatic heterocycles. The van der Waals surface area contributed by atoms with Gasteiger partial charge in [0.2, 0.25) is 0 Å². The Kier molecular flexibility index (Phi) is 3.72. The molecule has 1 aliphatic rings. The van der Waals surface area contributed by atoms with Crippen LogP contribution >= 0.6 is 0 Å². The molecule has 18 heavy (non-hydrogen) atoms. The number of ether oxygens (including phenoxy) is 2. The fourth-order valence-corrected chi connectivity index (χ4v) is 2.33. The molecule has 5 nitrogen and oxygen atoms in total. The second-order valence-corrected chi connectivity index (χ2v) is 4.15. The summed E-state index contributed by atoms with van der Waals surface area (Å²) in [4.78, 5) is 14.1. The number of hydrogen-bond acceptors (Lipinski definition) is 4. The zero-order valence-corrected chi connectivity index (χ0v) is 10.7. The van der Waals surface area contributed by atoms with Gasteiger partial charge in [0.1, 0.15) is 11.5 Å². The topological polar surface area (TPSA) is 64.8 Å². The minimum absolute atomic E-state index is 0.0301. The summed E-state index contributed by atoms with van der Waals surface area (Å²) in [5.41, 5.74) is 7.05. The van der Waals surface area contributed by atoms with Crippen molar-refractivity contribution in [1.82, 2.24) is 4.90 Å². The lowest BCUT2D eigenvalue weighted by Gasteiger charge is -2.30. The molecular formula is C13H18N2O3. The highest BCUT2D eigenvalue weighted by Crippen LogP contribution is 2.34. The van der Waals surface area contributed by atoms with Gasteiger partial charge in [-0.2, -0.15) is 0 Å². The van der Waals surface area contributed by atoms with Crippen LogP contribution in [0, 0.1) is 0 Å². The van der Waals surface area contributed by atoms with Crippen LogP contribution in [0.3, 0.4) is 0 Å². The van der Waals surface area contributed by atoms with Crippen molar-refractivity contribution >= 4 is 5.91 Å². The number of rotatable bonds is 4. The average Bonchev–Trinajstić information content (AvgIpc) is 2.40. The van der Waals surface area contributed by atoms with E-state index in [1.807, 2.05) is 6.07 Å². The van der Waals surface area contributed by atoms with E-state index in [0.29, 0.717) is 30.9 Å². The Hall–Kier alpha value is -1.75. The third-order valence-corrected chi connectivity index (χ3v) is 3.20. The lowest BCUT2D eigenvalue weighted by molar-refractivity contribution is 0.0739. The summed E-state index contributed by atoms with van der Waals surface area (Å²) in [6.45, 7) is 1.71. The SMILES string of the molecule is COc1ccc(OC)c2c1CCN(CCN)C2=O. The molecule has 1 aromatic carbocycles. The van der Waals surface area contributed by atoms with E-state index in [2.05, 4.69) is 0 Å². The summed E-state index contributed by atoms with van der Waals surface area (Å²) in [6, 6.07) is 3.60. The highest BCUT2D eigenvalue weighted by atomic mass is 16.5. The second-order valence-electron chi connectivity index (χ2n) is 4.15. The van der Waals surface area contributed by atoms with Crippen LogP contribution in [0.25, 0.3) is 0 Å². The van der Waals surface area contributed by atoms with E-state index in [0.717, 1.165) is 17.7 Å². The quantitative estimate of drug-likeness (QED) is 0.852. The molecule has 1 heterocycles. The van der Waals surface area contributed by atoms with Gasteiger partial charge in [-0.1, -0.05) is 0 Å². The average molecular weight is 250 g/mol. The predicted molar refractivity (Wildman–Crippen MR) is 68.2 cm³/mol. The van der Waals surface area contributed by atoms with Gasteiger partial charge in [-0.25, -0.2) is 0 Å². The Balaban J connectivity index is 2.47. The number of nitrogens with two attached hydrogens (primary N) is 1. The Morgan fingerprint density at radius 1 is 1.28 bits per heavy atom. The van der Waals surface area contributed by atoms with Crippen LogP contribution in [0.2, 0.25) is 0 Å². The van der Waals surface area contributed by atoms with Gasteiger partial charge in [0.05, 0.1) is 19.8 Å². The monoisotopic (exact) mass is 250 g/mol. The first-order chi connectivity index (χ1) is 8.72. The van der Waals surface area contributed by atoms with Crippen LogP contribution in [-0.4, -0.2) is 44.7 Å². The van der Waals surface area contributed by atoms with Crippen molar-refractivity contribution < 1.29 is 14.3 Å². The van der Waals surface area contributed by atoms with Crippen LogP contribution in [0.5, 0.6) is 11.5 Å². The van der Waals surface area contributed by atoms with Crippen molar-refractivity contribution in [2.24, 2.45) is 5.73 Å². The number of nitrogens with zero attached hydrogens (tertiary/aromatic N) is 1. The van der Waals surface area contributed by atoms with E-state index in [9.17, 15) is 4.79 Å². The normalized spacial score (nSPS) is 14.4. The lowest BCUT2D eigenvalue weighted by atomic mass is 9.97. The standard InChI is InChI=1S/C13H18N2O3/c1-17-10-3-4-11(18-2)12-9(10)5-7-15(8-6-14)13(12)16/h3-4H,5-8,14H2,1-2H3. The molecule has 5 heteroatoms. The first-order valence-electron chi connectivity index (χ1n) is 5.96. The molecule has 98 valence electrons. The van der Waals surface area contributed by atoms with Crippen molar-refractivity contribution in [3.05, 3.63) is 23.3 Å². The summed E-state index contributed by atoms with van der Waals surface area (Å²) in [5.74, 6) is 1.31. The number of amides is 1. The molecular weight excluding hydrogens is 232 g/mol. The zero-order chi connectivity index (χ0) is 13.1. The van der Waals surface area contributed by atoms with Gasteiger partial charge in [-0.15, -0.1) is 0 Å². The van der Waals surface area contributed by atoms with Gasteiger partial charge in [0.15, 0.2) is 0 Å². The minimum atomic E-state index is -0.0301. The van der Waals surface area contributed by atoms with E-state index in [4.69, 9.17) is 15.2 Å². The molecule has 1 aliphatic heterocycles. The van der Waals surface area contributed by atoms with E-state index < -0.39 is 0 Å².